The van der Waals surface area contributed by atoms with Crippen molar-refractivity contribution in [3.8, 4) is 0 Å². The number of pyridine rings is 1. The number of ether oxygens (including phenoxy) is 1. The Morgan fingerprint density at radius 2 is 2.08 bits per heavy atom. The number of amides is 1. The molecule has 2 aromatic heterocycles. The van der Waals surface area contributed by atoms with Gasteiger partial charge in [-0.2, -0.15) is 0 Å². The van der Waals surface area contributed by atoms with Gasteiger partial charge in [0.2, 0.25) is 5.91 Å². The minimum Gasteiger partial charge on any atom is -0.378 e. The molecule has 0 atom stereocenters. The Labute approximate surface area is 153 Å². The fourth-order valence-corrected chi connectivity index (χ4v) is 3.88. The molecular formula is C18H18N4O3S. The lowest BCUT2D eigenvalue weighted by molar-refractivity contribution is -0.116. The zero-order chi connectivity index (χ0) is 17.9. The summed E-state index contributed by atoms with van der Waals surface area (Å²) in [5, 5.41) is 3.82. The average molecular weight is 370 g/mol. The van der Waals surface area contributed by atoms with Crippen molar-refractivity contribution in [3.63, 3.8) is 0 Å². The lowest BCUT2D eigenvalue weighted by Gasteiger charge is -2.25. The van der Waals surface area contributed by atoms with Gasteiger partial charge in [0, 0.05) is 31.0 Å². The molecule has 0 radical (unpaired) electrons. The molecule has 8 heteroatoms. The number of thiazole rings is 1. The van der Waals surface area contributed by atoms with Crippen molar-refractivity contribution in [2.75, 3.05) is 36.5 Å². The fourth-order valence-electron chi connectivity index (χ4n) is 2.83. The number of morpholine rings is 1. The number of carbonyl (C=O) groups excluding carboxylic acids is 1. The number of benzene rings is 1. The fraction of sp³-hybridized carbons (Fsp3) is 0.278. The summed E-state index contributed by atoms with van der Waals surface area (Å²) in [5.74, 6) is -0.240. The number of fused-ring (bicyclic) bond motifs is 1. The van der Waals surface area contributed by atoms with E-state index in [9.17, 15) is 9.59 Å². The van der Waals surface area contributed by atoms with E-state index in [4.69, 9.17) is 4.74 Å². The van der Waals surface area contributed by atoms with Crippen molar-refractivity contribution in [1.29, 1.82) is 0 Å². The molecule has 7 nitrogen and oxygen atoms in total. The first kappa shape index (κ1) is 16.7. The van der Waals surface area contributed by atoms with Gasteiger partial charge >= 0.3 is 0 Å². The second-order valence-corrected chi connectivity index (χ2v) is 7.00. The predicted molar refractivity (Wildman–Crippen MR) is 102 cm³/mol. The Balaban J connectivity index is 1.49. The van der Waals surface area contributed by atoms with Gasteiger partial charge in [0.05, 0.1) is 23.4 Å². The lowest BCUT2D eigenvalue weighted by Crippen LogP contribution is -2.36. The summed E-state index contributed by atoms with van der Waals surface area (Å²) < 4.78 is 7.77. The lowest BCUT2D eigenvalue weighted by atomic mass is 10.3. The Bertz CT molecular complexity index is 991. The first-order valence-corrected chi connectivity index (χ1v) is 9.19. The molecule has 1 aliphatic heterocycles. The van der Waals surface area contributed by atoms with E-state index >= 15 is 0 Å². The minimum atomic E-state index is -0.240. The molecule has 0 saturated carbocycles. The van der Waals surface area contributed by atoms with Gasteiger partial charge in [-0.3, -0.25) is 9.59 Å². The maximum atomic E-state index is 12.2. The third-order valence-corrected chi connectivity index (χ3v) is 5.23. The molecule has 26 heavy (non-hydrogen) atoms. The summed E-state index contributed by atoms with van der Waals surface area (Å²) >= 11 is 1.60. The van der Waals surface area contributed by atoms with Crippen molar-refractivity contribution in [2.24, 2.45) is 0 Å². The van der Waals surface area contributed by atoms with Crippen molar-refractivity contribution >= 4 is 38.3 Å². The monoisotopic (exact) mass is 370 g/mol. The van der Waals surface area contributed by atoms with E-state index in [0.29, 0.717) is 5.69 Å². The first-order chi connectivity index (χ1) is 12.7. The molecule has 0 unspecified atom stereocenters. The van der Waals surface area contributed by atoms with E-state index < -0.39 is 0 Å². The highest BCUT2D eigenvalue weighted by Gasteiger charge is 2.15. The number of aromatic nitrogens is 2. The first-order valence-electron chi connectivity index (χ1n) is 8.38. The summed E-state index contributed by atoms with van der Waals surface area (Å²) in [7, 11) is 0. The Kier molecular flexibility index (Phi) is 4.68. The van der Waals surface area contributed by atoms with Gasteiger partial charge < -0.3 is 19.5 Å². The van der Waals surface area contributed by atoms with Crippen molar-refractivity contribution < 1.29 is 9.53 Å². The maximum absolute atomic E-state index is 12.2. The number of anilines is 2. The highest BCUT2D eigenvalue weighted by molar-refractivity contribution is 7.22. The van der Waals surface area contributed by atoms with E-state index in [1.807, 2.05) is 18.2 Å². The van der Waals surface area contributed by atoms with Crippen LogP contribution < -0.4 is 15.8 Å². The van der Waals surface area contributed by atoms with E-state index in [1.54, 1.807) is 29.7 Å². The molecule has 134 valence electrons. The van der Waals surface area contributed by atoms with Gasteiger partial charge in [-0.15, -0.1) is 0 Å². The molecule has 1 fully saturated rings. The Morgan fingerprint density at radius 1 is 1.23 bits per heavy atom. The largest absolute Gasteiger partial charge is 0.378 e. The molecule has 0 spiro atoms. The minimum absolute atomic E-state index is 0.0145. The molecule has 3 heterocycles. The number of rotatable bonds is 4. The topological polar surface area (TPSA) is 76.5 Å². The Morgan fingerprint density at radius 3 is 2.88 bits per heavy atom. The predicted octanol–water partition coefficient (Wildman–Crippen LogP) is 1.93. The van der Waals surface area contributed by atoms with Gasteiger partial charge in [-0.05, 0) is 24.3 Å². The SMILES string of the molecule is O=C(Cn1ccccc1=O)Nc1ccc2nc(N3CCOCC3)sc2c1. The third-order valence-electron chi connectivity index (χ3n) is 4.16. The van der Waals surface area contributed by atoms with E-state index in [-0.39, 0.29) is 18.0 Å². The van der Waals surface area contributed by atoms with E-state index in [2.05, 4.69) is 15.2 Å². The van der Waals surface area contributed by atoms with Gasteiger partial charge in [-0.25, -0.2) is 4.98 Å². The van der Waals surface area contributed by atoms with Crippen LogP contribution in [0.2, 0.25) is 0 Å². The molecule has 1 aliphatic rings. The van der Waals surface area contributed by atoms with Gasteiger partial charge in [-0.1, -0.05) is 17.4 Å². The van der Waals surface area contributed by atoms with Crippen LogP contribution in [0.25, 0.3) is 10.2 Å². The normalized spacial score (nSPS) is 14.5. The molecule has 1 saturated heterocycles. The molecule has 0 aliphatic carbocycles. The smallest absolute Gasteiger partial charge is 0.250 e. The molecular weight excluding hydrogens is 352 g/mol. The quantitative estimate of drug-likeness (QED) is 0.759. The second kappa shape index (κ2) is 7.27. The highest BCUT2D eigenvalue weighted by atomic mass is 32.1. The summed E-state index contributed by atoms with van der Waals surface area (Å²) in [4.78, 5) is 30.8. The summed E-state index contributed by atoms with van der Waals surface area (Å²) in [6, 6.07) is 10.5. The zero-order valence-corrected chi connectivity index (χ0v) is 14.9. The third kappa shape index (κ3) is 3.61. The summed E-state index contributed by atoms with van der Waals surface area (Å²) in [5.41, 5.74) is 1.41. The molecule has 0 bridgehead atoms. The van der Waals surface area contributed by atoms with Gasteiger partial charge in [0.25, 0.3) is 5.56 Å². The van der Waals surface area contributed by atoms with Crippen LogP contribution in [0.3, 0.4) is 0 Å². The van der Waals surface area contributed by atoms with Crippen LogP contribution in [0.5, 0.6) is 0 Å². The van der Waals surface area contributed by atoms with Crippen molar-refractivity contribution in [1.82, 2.24) is 9.55 Å². The Hall–Kier alpha value is -2.71. The van der Waals surface area contributed by atoms with Crippen LogP contribution in [-0.2, 0) is 16.1 Å². The number of hydrogen-bond donors (Lipinski definition) is 1. The maximum Gasteiger partial charge on any atom is 0.250 e. The molecule has 1 N–H and O–H groups in total. The van der Waals surface area contributed by atoms with E-state index in [0.717, 1.165) is 41.7 Å². The molecule has 4 rings (SSSR count). The van der Waals surface area contributed by atoms with E-state index in [1.165, 1.54) is 10.6 Å². The van der Waals surface area contributed by atoms with Crippen LogP contribution in [0.15, 0.2) is 47.4 Å². The molecule has 1 amide bonds. The number of nitrogens with zero attached hydrogens (tertiary/aromatic N) is 3. The zero-order valence-electron chi connectivity index (χ0n) is 14.1. The molecule has 1 aromatic carbocycles. The van der Waals surface area contributed by atoms with Crippen LogP contribution in [0.4, 0.5) is 10.8 Å². The van der Waals surface area contributed by atoms with Gasteiger partial charge in [0.15, 0.2) is 5.13 Å². The average Bonchev–Trinajstić information content (AvgIpc) is 3.08. The second-order valence-electron chi connectivity index (χ2n) is 5.99. The highest BCUT2D eigenvalue weighted by Crippen LogP contribution is 2.31. The standard InChI is InChI=1S/C18H18N4O3S/c23-16(12-22-6-2-1-3-17(22)24)19-13-4-5-14-15(11-13)26-18(20-14)21-7-9-25-10-8-21/h1-6,11H,7-10,12H2,(H,19,23). The van der Waals surface area contributed by atoms with Gasteiger partial charge in [0.1, 0.15) is 6.54 Å². The summed E-state index contributed by atoms with van der Waals surface area (Å²) in [6.07, 6.45) is 1.60. The van der Waals surface area contributed by atoms with Crippen LogP contribution in [0, 0.1) is 0 Å². The van der Waals surface area contributed by atoms with Crippen molar-refractivity contribution in [2.45, 2.75) is 6.54 Å². The number of carbonyl (C=O) groups is 1. The van der Waals surface area contributed by atoms with Crippen molar-refractivity contribution in [3.05, 3.63) is 52.9 Å². The van der Waals surface area contributed by atoms with Crippen LogP contribution >= 0.6 is 11.3 Å². The summed E-state index contributed by atoms with van der Waals surface area (Å²) in [6.45, 7) is 3.11. The number of hydrogen-bond acceptors (Lipinski definition) is 6. The number of nitrogens with one attached hydrogen (secondary N) is 1. The van der Waals surface area contributed by atoms with Crippen LogP contribution in [0.1, 0.15) is 0 Å². The van der Waals surface area contributed by atoms with Crippen LogP contribution in [-0.4, -0.2) is 41.8 Å². The molecule has 3 aromatic rings.